The predicted molar refractivity (Wildman–Crippen MR) is 128 cm³/mol. The van der Waals surface area contributed by atoms with E-state index in [1.54, 1.807) is 17.4 Å². The van der Waals surface area contributed by atoms with Crippen molar-refractivity contribution in [3.8, 4) is 0 Å². The molecule has 0 radical (unpaired) electrons. The van der Waals surface area contributed by atoms with Gasteiger partial charge in [-0.1, -0.05) is 18.7 Å². The van der Waals surface area contributed by atoms with Crippen LogP contribution in [-0.2, 0) is 9.59 Å². The standard InChI is InChI=1S/C23H26N4O2S2/c1-5-18(28)25-17-9-8-16(10-12(17)2)24-19(29)11-30-22-20-13(3)14(4)31-23(20)27-21(26-22)15-6-7-15/h8-10,15H,5-7,11H2,1-4H3,(H,24,29)(H,25,28). The summed E-state index contributed by atoms with van der Waals surface area (Å²) in [6.45, 7) is 7.93. The molecule has 1 fully saturated rings. The van der Waals surface area contributed by atoms with Gasteiger partial charge in [-0.25, -0.2) is 9.97 Å². The zero-order valence-corrected chi connectivity index (χ0v) is 19.8. The Hall–Kier alpha value is -2.45. The first kappa shape index (κ1) is 21.8. The number of benzene rings is 1. The maximum Gasteiger partial charge on any atom is 0.234 e. The summed E-state index contributed by atoms with van der Waals surface area (Å²) in [6.07, 6.45) is 2.72. The van der Waals surface area contributed by atoms with Gasteiger partial charge in [0.25, 0.3) is 0 Å². The lowest BCUT2D eigenvalue weighted by Crippen LogP contribution is -2.15. The van der Waals surface area contributed by atoms with Gasteiger partial charge in [-0.05, 0) is 62.9 Å². The fraction of sp³-hybridized carbons (Fsp3) is 0.391. The highest BCUT2D eigenvalue weighted by molar-refractivity contribution is 8.00. The van der Waals surface area contributed by atoms with E-state index in [1.807, 2.05) is 26.0 Å². The Labute approximate surface area is 190 Å². The Morgan fingerprint density at radius 1 is 1.13 bits per heavy atom. The molecule has 0 atom stereocenters. The summed E-state index contributed by atoms with van der Waals surface area (Å²) in [5.74, 6) is 1.54. The van der Waals surface area contributed by atoms with Crippen molar-refractivity contribution in [3.05, 3.63) is 40.0 Å². The molecule has 2 amide bonds. The van der Waals surface area contributed by atoms with Gasteiger partial charge >= 0.3 is 0 Å². The lowest BCUT2D eigenvalue weighted by Gasteiger charge is -2.11. The van der Waals surface area contributed by atoms with Crippen LogP contribution in [0.3, 0.4) is 0 Å². The zero-order chi connectivity index (χ0) is 22.1. The minimum atomic E-state index is -0.0842. The maximum atomic E-state index is 12.6. The molecule has 1 aliphatic carbocycles. The van der Waals surface area contributed by atoms with E-state index in [0.717, 1.165) is 45.2 Å². The van der Waals surface area contributed by atoms with Gasteiger partial charge in [-0.3, -0.25) is 9.59 Å². The van der Waals surface area contributed by atoms with Crippen LogP contribution in [0.4, 0.5) is 11.4 Å². The molecule has 0 bridgehead atoms. The van der Waals surface area contributed by atoms with Gasteiger partial charge in [0.05, 0.1) is 5.75 Å². The fourth-order valence-corrected chi connectivity index (χ4v) is 5.30. The van der Waals surface area contributed by atoms with E-state index >= 15 is 0 Å². The third kappa shape index (κ3) is 4.91. The molecule has 1 aromatic carbocycles. The van der Waals surface area contributed by atoms with E-state index in [0.29, 0.717) is 18.0 Å². The molecule has 0 aliphatic heterocycles. The van der Waals surface area contributed by atoms with Crippen LogP contribution in [0.25, 0.3) is 10.2 Å². The van der Waals surface area contributed by atoms with Crippen molar-refractivity contribution in [2.24, 2.45) is 0 Å². The van der Waals surface area contributed by atoms with Crippen LogP contribution >= 0.6 is 23.1 Å². The molecule has 1 saturated carbocycles. The first-order chi connectivity index (χ1) is 14.9. The largest absolute Gasteiger partial charge is 0.326 e. The molecule has 0 unspecified atom stereocenters. The van der Waals surface area contributed by atoms with Gasteiger partial charge in [0.15, 0.2) is 0 Å². The van der Waals surface area contributed by atoms with E-state index in [-0.39, 0.29) is 17.6 Å². The molecule has 8 heteroatoms. The second-order valence-electron chi connectivity index (χ2n) is 7.89. The summed E-state index contributed by atoms with van der Waals surface area (Å²) >= 11 is 3.17. The molecular formula is C23H26N4O2S2. The highest BCUT2D eigenvalue weighted by Gasteiger charge is 2.28. The van der Waals surface area contributed by atoms with Gasteiger partial charge < -0.3 is 10.6 Å². The Kier molecular flexibility index (Phi) is 6.29. The molecule has 2 heterocycles. The first-order valence-corrected chi connectivity index (χ1v) is 12.3. The number of thiophene rings is 1. The van der Waals surface area contributed by atoms with Crippen LogP contribution < -0.4 is 10.6 Å². The molecule has 4 rings (SSSR count). The molecule has 0 saturated heterocycles. The normalized spacial score (nSPS) is 13.4. The van der Waals surface area contributed by atoms with Crippen molar-refractivity contribution in [3.63, 3.8) is 0 Å². The molecule has 6 nitrogen and oxygen atoms in total. The quantitative estimate of drug-likeness (QED) is 0.360. The van der Waals surface area contributed by atoms with Crippen LogP contribution in [0, 0.1) is 20.8 Å². The summed E-state index contributed by atoms with van der Waals surface area (Å²) in [6, 6.07) is 5.49. The Balaban J connectivity index is 1.46. The number of amides is 2. The number of hydrogen-bond donors (Lipinski definition) is 2. The highest BCUT2D eigenvalue weighted by Crippen LogP contribution is 2.42. The van der Waals surface area contributed by atoms with Crippen molar-refractivity contribution in [1.82, 2.24) is 9.97 Å². The molecule has 2 aromatic heterocycles. The van der Waals surface area contributed by atoms with Crippen LogP contribution in [0.1, 0.15) is 53.9 Å². The Bertz CT molecular complexity index is 1170. The van der Waals surface area contributed by atoms with Crippen LogP contribution in [0.15, 0.2) is 23.2 Å². The van der Waals surface area contributed by atoms with Crippen molar-refractivity contribution in [1.29, 1.82) is 0 Å². The summed E-state index contributed by atoms with van der Waals surface area (Å²) in [4.78, 5) is 36.1. The predicted octanol–water partition coefficient (Wildman–Crippen LogP) is 5.57. The van der Waals surface area contributed by atoms with E-state index in [2.05, 4.69) is 24.5 Å². The number of aryl methyl sites for hydroxylation is 3. The molecule has 2 N–H and O–H groups in total. The lowest BCUT2D eigenvalue weighted by molar-refractivity contribution is -0.116. The van der Waals surface area contributed by atoms with Crippen LogP contribution in [0.2, 0.25) is 0 Å². The maximum absolute atomic E-state index is 12.6. The molecule has 1 aliphatic rings. The first-order valence-electron chi connectivity index (χ1n) is 10.5. The third-order valence-corrected chi connectivity index (χ3v) is 7.48. The van der Waals surface area contributed by atoms with E-state index < -0.39 is 0 Å². The van der Waals surface area contributed by atoms with Crippen LogP contribution in [-0.4, -0.2) is 27.5 Å². The highest BCUT2D eigenvalue weighted by atomic mass is 32.2. The number of fused-ring (bicyclic) bond motifs is 1. The van der Waals surface area contributed by atoms with Gasteiger partial charge in [-0.2, -0.15) is 0 Å². The Morgan fingerprint density at radius 3 is 2.58 bits per heavy atom. The molecule has 31 heavy (non-hydrogen) atoms. The summed E-state index contributed by atoms with van der Waals surface area (Å²) in [5.41, 5.74) is 3.58. The van der Waals surface area contributed by atoms with Crippen molar-refractivity contribution >= 4 is 56.5 Å². The SMILES string of the molecule is CCC(=O)Nc1ccc(NC(=O)CSc2nc(C3CC3)nc3sc(C)c(C)c23)cc1C. The van der Waals surface area contributed by atoms with Crippen molar-refractivity contribution in [2.75, 3.05) is 16.4 Å². The number of nitrogens with zero attached hydrogens (tertiary/aromatic N) is 2. The van der Waals surface area contributed by atoms with Gasteiger partial charge in [0.2, 0.25) is 11.8 Å². The number of aromatic nitrogens is 2. The monoisotopic (exact) mass is 454 g/mol. The average Bonchev–Trinajstić information content (AvgIpc) is 3.54. The number of carbonyl (C=O) groups excluding carboxylic acids is 2. The lowest BCUT2D eigenvalue weighted by atomic mass is 10.1. The number of hydrogen-bond acceptors (Lipinski definition) is 6. The van der Waals surface area contributed by atoms with Crippen LogP contribution in [0.5, 0.6) is 0 Å². The van der Waals surface area contributed by atoms with E-state index in [1.165, 1.54) is 22.2 Å². The second-order valence-corrected chi connectivity index (χ2v) is 10.1. The fourth-order valence-electron chi connectivity index (χ4n) is 3.31. The Morgan fingerprint density at radius 2 is 1.90 bits per heavy atom. The van der Waals surface area contributed by atoms with Gasteiger partial charge in [0.1, 0.15) is 15.7 Å². The number of anilines is 2. The minimum absolute atomic E-state index is 0.0306. The minimum Gasteiger partial charge on any atom is -0.326 e. The zero-order valence-electron chi connectivity index (χ0n) is 18.2. The molecule has 3 aromatic rings. The number of nitrogens with one attached hydrogen (secondary N) is 2. The van der Waals surface area contributed by atoms with Crippen molar-refractivity contribution < 1.29 is 9.59 Å². The van der Waals surface area contributed by atoms with E-state index in [9.17, 15) is 9.59 Å². The van der Waals surface area contributed by atoms with Crippen molar-refractivity contribution in [2.45, 2.75) is 57.9 Å². The average molecular weight is 455 g/mol. The molecular weight excluding hydrogens is 428 g/mol. The number of carbonyl (C=O) groups is 2. The van der Waals surface area contributed by atoms with E-state index in [4.69, 9.17) is 9.97 Å². The van der Waals surface area contributed by atoms with Gasteiger partial charge in [-0.15, -0.1) is 11.3 Å². The summed E-state index contributed by atoms with van der Waals surface area (Å²) in [7, 11) is 0. The second kappa shape index (κ2) is 8.96. The summed E-state index contributed by atoms with van der Waals surface area (Å²) in [5, 5.41) is 7.79. The summed E-state index contributed by atoms with van der Waals surface area (Å²) < 4.78 is 0. The topological polar surface area (TPSA) is 84.0 Å². The number of rotatable bonds is 7. The molecule has 0 spiro atoms. The third-order valence-electron chi connectivity index (χ3n) is 5.40. The number of thioether (sulfide) groups is 1. The molecule has 162 valence electrons. The van der Waals surface area contributed by atoms with Gasteiger partial charge in [0, 0.05) is 34.0 Å². The smallest absolute Gasteiger partial charge is 0.234 e.